The Kier molecular flexibility index (Phi) is 1.75. The second-order valence-corrected chi connectivity index (χ2v) is 6.74. The van der Waals surface area contributed by atoms with E-state index in [4.69, 9.17) is 0 Å². The fourth-order valence-corrected chi connectivity index (χ4v) is 5.19. The van der Waals surface area contributed by atoms with Crippen LogP contribution < -0.4 is 0 Å². The van der Waals surface area contributed by atoms with Gasteiger partial charge in [0.05, 0.1) is 5.92 Å². The Balaban J connectivity index is 1.39. The van der Waals surface area contributed by atoms with Gasteiger partial charge in [-0.1, -0.05) is 12.1 Å². The summed E-state index contributed by atoms with van der Waals surface area (Å²) in [5.41, 5.74) is 1.04. The molecule has 1 amide bonds. The minimum atomic E-state index is -0.211. The first-order valence-corrected chi connectivity index (χ1v) is 7.29. The van der Waals surface area contributed by atoms with Gasteiger partial charge in [-0.05, 0) is 54.2 Å². The van der Waals surface area contributed by atoms with Gasteiger partial charge in [0.25, 0.3) is 0 Å². The number of nitrogens with zero attached hydrogens (tertiary/aromatic N) is 1. The number of fused-ring (bicyclic) bond motifs is 8. The quantitative estimate of drug-likeness (QED) is 0.745. The molecule has 3 heteroatoms. The van der Waals surface area contributed by atoms with Crippen molar-refractivity contribution in [2.45, 2.75) is 25.4 Å². The molecule has 0 N–H and O–H groups in total. The van der Waals surface area contributed by atoms with E-state index >= 15 is 0 Å². The highest BCUT2D eigenvalue weighted by Gasteiger charge is 2.72. The van der Waals surface area contributed by atoms with Gasteiger partial charge in [0.2, 0.25) is 5.91 Å². The molecule has 0 spiro atoms. The molecule has 1 aromatic carbocycles. The summed E-state index contributed by atoms with van der Waals surface area (Å²) >= 11 is 0. The van der Waals surface area contributed by atoms with Crippen molar-refractivity contribution in [1.82, 2.24) is 4.90 Å². The Morgan fingerprint density at radius 2 is 1.74 bits per heavy atom. The summed E-state index contributed by atoms with van der Waals surface area (Å²) in [4.78, 5) is 14.4. The first kappa shape index (κ1) is 10.4. The molecule has 19 heavy (non-hydrogen) atoms. The van der Waals surface area contributed by atoms with Crippen LogP contribution in [0, 0.1) is 35.4 Å². The van der Waals surface area contributed by atoms with Crippen molar-refractivity contribution in [2.24, 2.45) is 29.6 Å². The number of hydrogen-bond donors (Lipinski definition) is 0. The van der Waals surface area contributed by atoms with Gasteiger partial charge in [-0.3, -0.25) is 4.79 Å². The van der Waals surface area contributed by atoms with E-state index in [2.05, 4.69) is 4.90 Å². The van der Waals surface area contributed by atoms with Crippen molar-refractivity contribution in [3.05, 3.63) is 35.6 Å². The van der Waals surface area contributed by atoms with Crippen molar-refractivity contribution in [2.75, 3.05) is 0 Å². The molecule has 3 aliphatic carbocycles. The van der Waals surface area contributed by atoms with Crippen LogP contribution in [0.15, 0.2) is 24.3 Å². The number of likely N-dealkylation sites (tertiary alicyclic amines) is 1. The predicted octanol–water partition coefficient (Wildman–Crippen LogP) is 2.44. The zero-order valence-corrected chi connectivity index (χ0v) is 10.6. The molecule has 2 nitrogen and oxygen atoms in total. The van der Waals surface area contributed by atoms with Crippen molar-refractivity contribution >= 4 is 5.91 Å². The maximum absolute atomic E-state index is 12.9. The molecule has 1 aromatic rings. The zero-order valence-electron chi connectivity index (χ0n) is 10.6. The molecule has 6 atom stereocenters. The first-order chi connectivity index (χ1) is 9.24. The minimum absolute atomic E-state index is 0.211. The fraction of sp³-hybridized carbons (Fsp3) is 0.562. The summed E-state index contributed by atoms with van der Waals surface area (Å²) in [6.45, 7) is 0.668. The largest absolute Gasteiger partial charge is 0.334 e. The van der Waals surface area contributed by atoms with Crippen molar-refractivity contribution in [3.63, 3.8) is 0 Å². The van der Waals surface area contributed by atoms with E-state index in [1.54, 1.807) is 12.1 Å². The van der Waals surface area contributed by atoms with E-state index < -0.39 is 0 Å². The standard InChI is InChI=1S/C16H16FNO/c17-9-3-1-8(2-4-9)7-18-15-13-6-12(10-5-11(10)13)14(15)16(18)19/h1-4,10-15H,5-7H2. The number of carbonyl (C=O) groups excluding carboxylic acids is 1. The molecule has 1 saturated heterocycles. The molecule has 0 radical (unpaired) electrons. The van der Waals surface area contributed by atoms with E-state index in [0.29, 0.717) is 30.3 Å². The summed E-state index contributed by atoms with van der Waals surface area (Å²) in [5, 5.41) is 0. The lowest BCUT2D eigenvalue weighted by molar-refractivity contribution is -0.162. The number of hydrogen-bond acceptors (Lipinski definition) is 1. The Labute approximate surface area is 111 Å². The lowest BCUT2D eigenvalue weighted by Crippen LogP contribution is -2.62. The molecule has 4 aliphatic rings. The fourth-order valence-electron chi connectivity index (χ4n) is 5.19. The van der Waals surface area contributed by atoms with Crippen molar-refractivity contribution in [3.8, 4) is 0 Å². The lowest BCUT2D eigenvalue weighted by atomic mass is 9.76. The Morgan fingerprint density at radius 3 is 2.53 bits per heavy atom. The third-order valence-corrected chi connectivity index (χ3v) is 6.00. The monoisotopic (exact) mass is 257 g/mol. The molecule has 98 valence electrons. The number of benzene rings is 1. The first-order valence-electron chi connectivity index (χ1n) is 7.29. The summed E-state index contributed by atoms with van der Waals surface area (Å²) in [7, 11) is 0. The van der Waals surface area contributed by atoms with Crippen LogP contribution in [0.1, 0.15) is 18.4 Å². The van der Waals surface area contributed by atoms with E-state index in [1.807, 2.05) is 0 Å². The van der Waals surface area contributed by atoms with Gasteiger partial charge in [0.15, 0.2) is 0 Å². The van der Waals surface area contributed by atoms with Gasteiger partial charge < -0.3 is 4.90 Å². The molecule has 1 aliphatic heterocycles. The van der Waals surface area contributed by atoms with Crippen LogP contribution in [-0.2, 0) is 11.3 Å². The molecule has 4 fully saturated rings. The minimum Gasteiger partial charge on any atom is -0.334 e. The number of β-lactam (4-membered cyclic amide) rings is 1. The molecule has 0 aromatic heterocycles. The van der Waals surface area contributed by atoms with E-state index in [-0.39, 0.29) is 5.82 Å². The molecule has 3 saturated carbocycles. The third-order valence-electron chi connectivity index (χ3n) is 6.00. The average molecular weight is 257 g/mol. The van der Waals surface area contributed by atoms with E-state index in [0.717, 1.165) is 23.3 Å². The highest BCUT2D eigenvalue weighted by Crippen LogP contribution is 2.71. The Hall–Kier alpha value is -1.38. The predicted molar refractivity (Wildman–Crippen MR) is 67.4 cm³/mol. The second-order valence-electron chi connectivity index (χ2n) is 6.74. The van der Waals surface area contributed by atoms with Crippen LogP contribution in [0.5, 0.6) is 0 Å². The summed E-state index contributed by atoms with van der Waals surface area (Å²) in [6, 6.07) is 7.06. The smallest absolute Gasteiger partial charge is 0.228 e. The molecule has 6 unspecified atom stereocenters. The van der Waals surface area contributed by atoms with Crippen LogP contribution in [0.25, 0.3) is 0 Å². The molecule has 5 rings (SSSR count). The zero-order chi connectivity index (χ0) is 12.7. The molecular weight excluding hydrogens is 241 g/mol. The Bertz CT molecular complexity index is 569. The number of rotatable bonds is 2. The van der Waals surface area contributed by atoms with Crippen LogP contribution in [0.2, 0.25) is 0 Å². The van der Waals surface area contributed by atoms with Crippen LogP contribution in [-0.4, -0.2) is 16.8 Å². The van der Waals surface area contributed by atoms with Crippen LogP contribution in [0.4, 0.5) is 4.39 Å². The van der Waals surface area contributed by atoms with Gasteiger partial charge in [-0.25, -0.2) is 4.39 Å². The highest BCUT2D eigenvalue weighted by atomic mass is 19.1. The lowest BCUT2D eigenvalue weighted by Gasteiger charge is -2.49. The molecule has 1 heterocycles. The summed E-state index contributed by atoms with van der Waals surface area (Å²) < 4.78 is 12.9. The van der Waals surface area contributed by atoms with Gasteiger partial charge in [-0.2, -0.15) is 0 Å². The maximum Gasteiger partial charge on any atom is 0.228 e. The number of amides is 1. The normalized spacial score (nSPS) is 44.9. The van der Waals surface area contributed by atoms with E-state index in [9.17, 15) is 9.18 Å². The molecular formula is C16H16FNO. The maximum atomic E-state index is 12.9. The van der Waals surface area contributed by atoms with Crippen LogP contribution >= 0.6 is 0 Å². The Morgan fingerprint density at radius 1 is 1.05 bits per heavy atom. The average Bonchev–Trinajstić information content (AvgIpc) is 3.06. The molecule has 2 bridgehead atoms. The van der Waals surface area contributed by atoms with Gasteiger partial charge in [-0.15, -0.1) is 0 Å². The van der Waals surface area contributed by atoms with Gasteiger partial charge in [0.1, 0.15) is 5.82 Å². The third kappa shape index (κ3) is 1.19. The van der Waals surface area contributed by atoms with Crippen LogP contribution in [0.3, 0.4) is 0 Å². The van der Waals surface area contributed by atoms with E-state index in [1.165, 1.54) is 25.0 Å². The van der Waals surface area contributed by atoms with Crippen molar-refractivity contribution < 1.29 is 9.18 Å². The number of halogens is 1. The second kappa shape index (κ2) is 3.20. The van der Waals surface area contributed by atoms with Gasteiger partial charge in [0, 0.05) is 12.6 Å². The summed E-state index contributed by atoms with van der Waals surface area (Å²) in [5.74, 6) is 3.78. The topological polar surface area (TPSA) is 20.3 Å². The van der Waals surface area contributed by atoms with Gasteiger partial charge >= 0.3 is 0 Å². The number of carbonyl (C=O) groups is 1. The summed E-state index contributed by atoms with van der Waals surface area (Å²) in [6.07, 6.45) is 2.66. The van der Waals surface area contributed by atoms with Crippen molar-refractivity contribution in [1.29, 1.82) is 0 Å². The SMILES string of the molecule is O=C1C2C3CC(C4CC43)C2N1Cc1ccc(F)cc1. The highest BCUT2D eigenvalue weighted by molar-refractivity contribution is 5.87.